The van der Waals surface area contributed by atoms with Gasteiger partial charge in [0.25, 0.3) is 0 Å². The first-order chi connectivity index (χ1) is 6.59. The molecular formula is C10H11FO2S. The molecule has 1 aromatic rings. The molecule has 0 aliphatic rings. The molecule has 0 N–H and O–H groups in total. The molecule has 0 heterocycles. The Balaban J connectivity index is 2.61. The van der Waals surface area contributed by atoms with E-state index in [4.69, 9.17) is 0 Å². The zero-order valence-electron chi connectivity index (χ0n) is 7.83. The number of halogens is 1. The molecule has 0 fully saturated rings. The van der Waals surface area contributed by atoms with Crippen molar-refractivity contribution in [3.63, 3.8) is 0 Å². The summed E-state index contributed by atoms with van der Waals surface area (Å²) in [5.41, 5.74) is 0.469. The number of Topliss-reactive ketones (excluding diaryl/α,β-unsaturated/α-hetero) is 1. The third kappa shape index (κ3) is 3.38. The Kier molecular flexibility index (Phi) is 3.95. The molecule has 0 saturated heterocycles. The Hall–Kier alpha value is -1.03. The van der Waals surface area contributed by atoms with E-state index in [0.29, 0.717) is 11.3 Å². The second-order valence-electron chi connectivity index (χ2n) is 2.96. The van der Waals surface area contributed by atoms with Crippen LogP contribution in [0.1, 0.15) is 16.8 Å². The minimum Gasteiger partial charge on any atom is -0.294 e. The van der Waals surface area contributed by atoms with E-state index in [1.54, 1.807) is 6.26 Å². The van der Waals surface area contributed by atoms with Crippen LogP contribution < -0.4 is 0 Å². The van der Waals surface area contributed by atoms with Crippen LogP contribution in [0.4, 0.5) is 4.39 Å². The van der Waals surface area contributed by atoms with Crippen molar-refractivity contribution in [2.75, 3.05) is 12.0 Å². The average molecular weight is 214 g/mol. The summed E-state index contributed by atoms with van der Waals surface area (Å²) < 4.78 is 23.2. The van der Waals surface area contributed by atoms with E-state index in [2.05, 4.69) is 0 Å². The molecule has 1 aromatic carbocycles. The van der Waals surface area contributed by atoms with Crippen LogP contribution in [0.5, 0.6) is 0 Å². The summed E-state index contributed by atoms with van der Waals surface area (Å²) in [5, 5.41) is 0. The minimum absolute atomic E-state index is 0.0970. The normalized spacial score (nSPS) is 12.4. The van der Waals surface area contributed by atoms with Gasteiger partial charge in [-0.1, -0.05) is 0 Å². The van der Waals surface area contributed by atoms with E-state index >= 15 is 0 Å². The zero-order chi connectivity index (χ0) is 10.6. The first-order valence-electron chi connectivity index (χ1n) is 4.18. The molecule has 0 bridgehead atoms. The lowest BCUT2D eigenvalue weighted by atomic mass is 10.1. The van der Waals surface area contributed by atoms with Crippen molar-refractivity contribution in [1.82, 2.24) is 0 Å². The fourth-order valence-corrected chi connectivity index (χ4v) is 1.49. The molecule has 0 aliphatic heterocycles. The third-order valence-electron chi connectivity index (χ3n) is 1.78. The van der Waals surface area contributed by atoms with E-state index in [1.807, 2.05) is 0 Å². The van der Waals surface area contributed by atoms with Gasteiger partial charge in [-0.15, -0.1) is 0 Å². The lowest BCUT2D eigenvalue weighted by molar-refractivity contribution is 0.0989. The van der Waals surface area contributed by atoms with Crippen LogP contribution in [0, 0.1) is 5.82 Å². The van der Waals surface area contributed by atoms with Gasteiger partial charge in [-0.05, 0) is 24.3 Å². The zero-order valence-corrected chi connectivity index (χ0v) is 8.64. The second kappa shape index (κ2) is 5.00. The molecule has 0 radical (unpaired) electrons. The van der Waals surface area contributed by atoms with Crippen LogP contribution in [0.25, 0.3) is 0 Å². The number of rotatable bonds is 4. The molecule has 0 aliphatic carbocycles. The summed E-state index contributed by atoms with van der Waals surface area (Å²) >= 11 is 0. The molecule has 4 heteroatoms. The first kappa shape index (κ1) is 11.0. The van der Waals surface area contributed by atoms with E-state index in [9.17, 15) is 13.4 Å². The second-order valence-corrected chi connectivity index (χ2v) is 4.51. The number of hydrogen-bond donors (Lipinski definition) is 0. The number of hydrogen-bond acceptors (Lipinski definition) is 2. The van der Waals surface area contributed by atoms with Crippen molar-refractivity contribution in [2.45, 2.75) is 6.42 Å². The van der Waals surface area contributed by atoms with Crippen molar-refractivity contribution >= 4 is 16.6 Å². The average Bonchev–Trinajstić information content (AvgIpc) is 2.15. The quantitative estimate of drug-likeness (QED) is 0.716. The standard InChI is InChI=1S/C10H11FO2S/c1-14(13)7-6-10(12)8-2-4-9(11)5-3-8/h2-5H,6-7H2,1H3. The largest absolute Gasteiger partial charge is 0.294 e. The highest BCUT2D eigenvalue weighted by atomic mass is 32.2. The summed E-state index contributed by atoms with van der Waals surface area (Å²) in [5.74, 6) is -0.100. The Bertz CT molecular complexity index is 346. The van der Waals surface area contributed by atoms with E-state index in [1.165, 1.54) is 24.3 Å². The SMILES string of the molecule is CS(=O)CCC(=O)c1ccc(F)cc1. The molecule has 1 rings (SSSR count). The Morgan fingerprint density at radius 2 is 1.93 bits per heavy atom. The maximum absolute atomic E-state index is 12.5. The van der Waals surface area contributed by atoms with Crippen LogP contribution >= 0.6 is 0 Å². The van der Waals surface area contributed by atoms with E-state index in [0.717, 1.165) is 0 Å². The first-order valence-corrected chi connectivity index (χ1v) is 5.91. The minimum atomic E-state index is -0.959. The molecule has 0 amide bonds. The smallest absolute Gasteiger partial charge is 0.163 e. The highest BCUT2D eigenvalue weighted by Gasteiger charge is 2.06. The van der Waals surface area contributed by atoms with Crippen LogP contribution in [0.15, 0.2) is 24.3 Å². The summed E-state index contributed by atoms with van der Waals surface area (Å²) in [6.07, 6.45) is 1.80. The molecule has 0 saturated carbocycles. The van der Waals surface area contributed by atoms with Gasteiger partial charge in [0.2, 0.25) is 0 Å². The van der Waals surface area contributed by atoms with Crippen LogP contribution in [-0.4, -0.2) is 22.0 Å². The van der Waals surface area contributed by atoms with Gasteiger partial charge in [-0.25, -0.2) is 4.39 Å². The number of carbonyl (C=O) groups excluding carboxylic acids is 1. The van der Waals surface area contributed by atoms with Gasteiger partial charge >= 0.3 is 0 Å². The Morgan fingerprint density at radius 3 is 2.43 bits per heavy atom. The van der Waals surface area contributed by atoms with Gasteiger partial charge in [-0.3, -0.25) is 9.00 Å². The molecule has 14 heavy (non-hydrogen) atoms. The Labute approximate surface area is 84.6 Å². The van der Waals surface area contributed by atoms with Crippen LogP contribution in [0.2, 0.25) is 0 Å². The predicted molar refractivity (Wildman–Crippen MR) is 54.3 cm³/mol. The number of carbonyl (C=O) groups is 1. The van der Waals surface area contributed by atoms with Gasteiger partial charge in [-0.2, -0.15) is 0 Å². The molecule has 1 unspecified atom stereocenters. The highest BCUT2D eigenvalue weighted by molar-refractivity contribution is 7.84. The molecule has 0 spiro atoms. The molecule has 0 aromatic heterocycles. The molecule has 2 nitrogen and oxygen atoms in total. The highest BCUT2D eigenvalue weighted by Crippen LogP contribution is 2.05. The van der Waals surface area contributed by atoms with Crippen molar-refractivity contribution in [3.05, 3.63) is 35.6 Å². The maximum atomic E-state index is 12.5. The summed E-state index contributed by atoms with van der Waals surface area (Å²) in [6.45, 7) is 0. The van der Waals surface area contributed by atoms with Crippen molar-refractivity contribution in [2.24, 2.45) is 0 Å². The lowest BCUT2D eigenvalue weighted by Gasteiger charge is -1.98. The number of benzene rings is 1. The maximum Gasteiger partial charge on any atom is 0.163 e. The predicted octanol–water partition coefficient (Wildman–Crippen LogP) is 1.78. The van der Waals surface area contributed by atoms with Gasteiger partial charge in [0.05, 0.1) is 0 Å². The van der Waals surface area contributed by atoms with Gasteiger partial charge in [0.15, 0.2) is 5.78 Å². The molecule has 76 valence electrons. The van der Waals surface area contributed by atoms with Crippen LogP contribution in [-0.2, 0) is 10.8 Å². The lowest BCUT2D eigenvalue weighted by Crippen LogP contribution is -2.05. The van der Waals surface area contributed by atoms with Gasteiger partial charge < -0.3 is 0 Å². The fraction of sp³-hybridized carbons (Fsp3) is 0.300. The topological polar surface area (TPSA) is 34.1 Å². The Morgan fingerprint density at radius 1 is 1.36 bits per heavy atom. The van der Waals surface area contributed by atoms with Gasteiger partial charge in [0, 0.05) is 34.8 Å². The molecular weight excluding hydrogens is 203 g/mol. The van der Waals surface area contributed by atoms with Gasteiger partial charge in [0.1, 0.15) is 5.82 Å². The van der Waals surface area contributed by atoms with Crippen molar-refractivity contribution in [3.8, 4) is 0 Å². The molecule has 1 atom stereocenters. The van der Waals surface area contributed by atoms with E-state index < -0.39 is 10.8 Å². The summed E-state index contributed by atoms with van der Waals surface area (Å²) in [7, 11) is -0.959. The van der Waals surface area contributed by atoms with Crippen molar-refractivity contribution in [1.29, 1.82) is 0 Å². The summed E-state index contributed by atoms with van der Waals surface area (Å²) in [4.78, 5) is 11.4. The summed E-state index contributed by atoms with van der Waals surface area (Å²) in [6, 6.07) is 5.37. The monoisotopic (exact) mass is 214 g/mol. The van der Waals surface area contributed by atoms with E-state index in [-0.39, 0.29) is 18.0 Å². The third-order valence-corrected chi connectivity index (χ3v) is 2.56. The van der Waals surface area contributed by atoms with Crippen LogP contribution in [0.3, 0.4) is 0 Å². The fourth-order valence-electron chi connectivity index (χ4n) is 1.02. The van der Waals surface area contributed by atoms with Crippen molar-refractivity contribution < 1.29 is 13.4 Å². The number of ketones is 1.